The van der Waals surface area contributed by atoms with Crippen molar-refractivity contribution in [2.45, 2.75) is 45.4 Å². The SMILES string of the molecule is COc1ccc(C)cc1CC1=CC(Cl)CC(C)(C)C1. The van der Waals surface area contributed by atoms with Crippen molar-refractivity contribution in [1.29, 1.82) is 0 Å². The first-order valence-corrected chi connectivity index (χ1v) is 7.30. The van der Waals surface area contributed by atoms with E-state index >= 15 is 0 Å². The summed E-state index contributed by atoms with van der Waals surface area (Å²) in [4.78, 5) is 0. The molecular weight excluding hydrogens is 256 g/mol. The van der Waals surface area contributed by atoms with Crippen LogP contribution in [0.1, 0.15) is 37.8 Å². The molecule has 1 unspecified atom stereocenters. The zero-order chi connectivity index (χ0) is 14.0. The summed E-state index contributed by atoms with van der Waals surface area (Å²) in [6.07, 6.45) is 5.35. The number of allylic oxidation sites excluding steroid dienone is 2. The van der Waals surface area contributed by atoms with E-state index < -0.39 is 0 Å². The van der Waals surface area contributed by atoms with Gasteiger partial charge in [-0.15, -0.1) is 11.6 Å². The van der Waals surface area contributed by atoms with Crippen LogP contribution in [0, 0.1) is 12.3 Å². The Hall–Kier alpha value is -0.950. The molecule has 0 aromatic heterocycles. The first-order valence-electron chi connectivity index (χ1n) is 6.87. The Morgan fingerprint density at radius 1 is 1.37 bits per heavy atom. The number of aryl methyl sites for hydroxylation is 1. The molecule has 0 N–H and O–H groups in total. The van der Waals surface area contributed by atoms with Crippen LogP contribution in [0.25, 0.3) is 0 Å². The van der Waals surface area contributed by atoms with Crippen molar-refractivity contribution in [3.8, 4) is 5.75 Å². The maximum atomic E-state index is 6.36. The van der Waals surface area contributed by atoms with Gasteiger partial charge in [-0.05, 0) is 43.2 Å². The zero-order valence-electron chi connectivity index (χ0n) is 12.3. The van der Waals surface area contributed by atoms with E-state index in [-0.39, 0.29) is 5.38 Å². The van der Waals surface area contributed by atoms with E-state index in [0.29, 0.717) is 5.41 Å². The second kappa shape index (κ2) is 5.58. The summed E-state index contributed by atoms with van der Waals surface area (Å²) >= 11 is 6.36. The molecule has 1 aliphatic carbocycles. The van der Waals surface area contributed by atoms with Gasteiger partial charge in [-0.25, -0.2) is 0 Å². The average molecular weight is 279 g/mol. The molecule has 0 fully saturated rings. The number of benzene rings is 1. The Bertz CT molecular complexity index is 488. The molecule has 1 aromatic rings. The number of hydrogen-bond acceptors (Lipinski definition) is 1. The molecule has 1 aromatic carbocycles. The van der Waals surface area contributed by atoms with Crippen LogP contribution in [0.3, 0.4) is 0 Å². The van der Waals surface area contributed by atoms with Gasteiger partial charge in [0.1, 0.15) is 5.75 Å². The lowest BCUT2D eigenvalue weighted by atomic mass is 9.76. The Morgan fingerprint density at radius 2 is 2.11 bits per heavy atom. The first-order chi connectivity index (χ1) is 8.89. The van der Waals surface area contributed by atoms with E-state index in [4.69, 9.17) is 16.3 Å². The molecule has 0 saturated heterocycles. The van der Waals surface area contributed by atoms with Gasteiger partial charge in [-0.1, -0.05) is 43.2 Å². The molecule has 2 heteroatoms. The fourth-order valence-corrected chi connectivity index (χ4v) is 3.60. The molecule has 0 bridgehead atoms. The van der Waals surface area contributed by atoms with Gasteiger partial charge in [0.15, 0.2) is 0 Å². The van der Waals surface area contributed by atoms with Crippen molar-refractivity contribution in [1.82, 2.24) is 0 Å². The molecule has 0 radical (unpaired) electrons. The molecule has 0 saturated carbocycles. The standard InChI is InChI=1S/C17H23ClO/c1-12-5-6-16(19-4)14(7-12)8-13-9-15(18)11-17(2,3)10-13/h5-7,9,15H,8,10-11H2,1-4H3. The maximum absolute atomic E-state index is 6.36. The fourth-order valence-electron chi connectivity index (χ4n) is 3.00. The Balaban J connectivity index is 2.23. The predicted octanol–water partition coefficient (Wildman–Crippen LogP) is 4.90. The number of ether oxygens (including phenoxy) is 1. The molecule has 0 spiro atoms. The Kier molecular flexibility index (Phi) is 4.25. The van der Waals surface area contributed by atoms with Crippen LogP contribution in [0.15, 0.2) is 29.8 Å². The van der Waals surface area contributed by atoms with E-state index in [1.54, 1.807) is 7.11 Å². The lowest BCUT2D eigenvalue weighted by Gasteiger charge is -2.32. The van der Waals surface area contributed by atoms with E-state index in [1.807, 2.05) is 0 Å². The monoisotopic (exact) mass is 278 g/mol. The van der Waals surface area contributed by atoms with Gasteiger partial charge in [0.05, 0.1) is 12.5 Å². The van der Waals surface area contributed by atoms with E-state index in [9.17, 15) is 0 Å². The zero-order valence-corrected chi connectivity index (χ0v) is 13.1. The lowest BCUT2D eigenvalue weighted by Crippen LogP contribution is -2.22. The average Bonchev–Trinajstić information content (AvgIpc) is 2.26. The predicted molar refractivity (Wildman–Crippen MR) is 82.2 cm³/mol. The minimum atomic E-state index is 0.162. The van der Waals surface area contributed by atoms with E-state index in [2.05, 4.69) is 45.0 Å². The number of halogens is 1. The molecule has 1 nitrogen and oxygen atoms in total. The second-order valence-electron chi connectivity index (χ2n) is 6.38. The first kappa shape index (κ1) is 14.5. The van der Waals surface area contributed by atoms with Gasteiger partial charge >= 0.3 is 0 Å². The molecule has 0 aliphatic heterocycles. The summed E-state index contributed by atoms with van der Waals surface area (Å²) in [7, 11) is 1.73. The third kappa shape index (κ3) is 3.76. The van der Waals surface area contributed by atoms with Gasteiger partial charge in [0, 0.05) is 0 Å². The summed E-state index contributed by atoms with van der Waals surface area (Å²) in [6.45, 7) is 6.71. The van der Waals surface area contributed by atoms with Gasteiger partial charge in [0.25, 0.3) is 0 Å². The third-order valence-electron chi connectivity index (χ3n) is 3.72. The molecule has 19 heavy (non-hydrogen) atoms. The van der Waals surface area contributed by atoms with E-state index in [1.165, 1.54) is 16.7 Å². The van der Waals surface area contributed by atoms with Crippen LogP contribution in [-0.2, 0) is 6.42 Å². The highest BCUT2D eigenvalue weighted by atomic mass is 35.5. The van der Waals surface area contributed by atoms with Crippen LogP contribution >= 0.6 is 11.6 Å². The summed E-state index contributed by atoms with van der Waals surface area (Å²) in [5, 5.41) is 0.162. The van der Waals surface area contributed by atoms with Gasteiger partial charge in [-0.3, -0.25) is 0 Å². The second-order valence-corrected chi connectivity index (χ2v) is 6.94. The van der Waals surface area contributed by atoms with Crippen molar-refractivity contribution in [3.63, 3.8) is 0 Å². The van der Waals surface area contributed by atoms with Gasteiger partial charge < -0.3 is 4.74 Å². The van der Waals surface area contributed by atoms with Crippen molar-refractivity contribution < 1.29 is 4.74 Å². The number of alkyl halides is 1. The van der Waals surface area contributed by atoms with Crippen molar-refractivity contribution in [2.75, 3.05) is 7.11 Å². The third-order valence-corrected chi connectivity index (χ3v) is 4.00. The van der Waals surface area contributed by atoms with E-state index in [0.717, 1.165) is 25.0 Å². The highest BCUT2D eigenvalue weighted by Gasteiger charge is 2.27. The number of rotatable bonds is 3. The molecule has 2 rings (SSSR count). The maximum Gasteiger partial charge on any atom is 0.122 e. The van der Waals surface area contributed by atoms with Crippen molar-refractivity contribution in [2.24, 2.45) is 5.41 Å². The van der Waals surface area contributed by atoms with Crippen LogP contribution in [0.2, 0.25) is 0 Å². The molecule has 1 atom stereocenters. The smallest absolute Gasteiger partial charge is 0.122 e. The fraction of sp³-hybridized carbons (Fsp3) is 0.529. The minimum absolute atomic E-state index is 0.162. The highest BCUT2D eigenvalue weighted by molar-refractivity contribution is 6.21. The summed E-state index contributed by atoms with van der Waals surface area (Å²) in [5.41, 5.74) is 4.26. The summed E-state index contributed by atoms with van der Waals surface area (Å²) in [6, 6.07) is 6.35. The lowest BCUT2D eigenvalue weighted by molar-refractivity contribution is 0.320. The Morgan fingerprint density at radius 3 is 2.74 bits per heavy atom. The molecule has 0 amide bonds. The molecular formula is C17H23ClO. The molecule has 1 aliphatic rings. The Labute approximate surface area is 121 Å². The topological polar surface area (TPSA) is 9.23 Å². The largest absolute Gasteiger partial charge is 0.496 e. The van der Waals surface area contributed by atoms with Crippen LogP contribution in [-0.4, -0.2) is 12.5 Å². The van der Waals surface area contributed by atoms with Crippen molar-refractivity contribution >= 4 is 11.6 Å². The summed E-state index contributed by atoms with van der Waals surface area (Å²) in [5.74, 6) is 0.973. The number of methoxy groups -OCH3 is 1. The highest BCUT2D eigenvalue weighted by Crippen LogP contribution is 2.39. The molecule has 104 valence electrons. The van der Waals surface area contributed by atoms with Crippen LogP contribution < -0.4 is 4.74 Å². The molecule has 0 heterocycles. The van der Waals surface area contributed by atoms with Crippen molar-refractivity contribution in [3.05, 3.63) is 41.0 Å². The van der Waals surface area contributed by atoms with Gasteiger partial charge in [0.2, 0.25) is 0 Å². The number of hydrogen-bond donors (Lipinski definition) is 0. The van der Waals surface area contributed by atoms with Crippen LogP contribution in [0.5, 0.6) is 5.75 Å². The normalized spacial score (nSPS) is 21.9. The summed E-state index contributed by atoms with van der Waals surface area (Å²) < 4.78 is 5.46. The minimum Gasteiger partial charge on any atom is -0.496 e. The van der Waals surface area contributed by atoms with Crippen LogP contribution in [0.4, 0.5) is 0 Å². The van der Waals surface area contributed by atoms with Gasteiger partial charge in [-0.2, -0.15) is 0 Å². The quantitative estimate of drug-likeness (QED) is 0.564.